The van der Waals surface area contributed by atoms with Crippen molar-refractivity contribution < 1.29 is 22.6 Å². The number of nitrogens with zero attached hydrogens (tertiary/aromatic N) is 2. The molecule has 0 saturated carbocycles. The highest BCUT2D eigenvalue weighted by molar-refractivity contribution is 5.43. The van der Waals surface area contributed by atoms with Crippen molar-refractivity contribution in [2.24, 2.45) is 0 Å². The molecular formula is C9H7F3N2O2. The standard InChI is InChI=1S/C9H7F3N2O2/c1-15-7-3-5-14-6(2-4-13)8(7)16-9(10,11)12/h3,5H,2H2,1H3. The third-order valence-electron chi connectivity index (χ3n) is 1.63. The predicted molar refractivity (Wildman–Crippen MR) is 46.8 cm³/mol. The highest BCUT2D eigenvalue weighted by Gasteiger charge is 2.34. The van der Waals surface area contributed by atoms with Crippen molar-refractivity contribution in [3.05, 3.63) is 18.0 Å². The average Bonchev–Trinajstić information content (AvgIpc) is 2.19. The van der Waals surface area contributed by atoms with Crippen LogP contribution in [-0.4, -0.2) is 18.5 Å². The minimum absolute atomic E-state index is 0.112. The molecule has 16 heavy (non-hydrogen) atoms. The van der Waals surface area contributed by atoms with Crippen LogP contribution in [0.1, 0.15) is 5.69 Å². The quantitative estimate of drug-likeness (QED) is 0.800. The minimum Gasteiger partial charge on any atom is -0.493 e. The Morgan fingerprint density at radius 1 is 1.50 bits per heavy atom. The lowest BCUT2D eigenvalue weighted by molar-refractivity contribution is -0.275. The normalized spacial score (nSPS) is 10.7. The Bertz CT molecular complexity index is 412. The van der Waals surface area contributed by atoms with Gasteiger partial charge in [-0.2, -0.15) is 5.26 Å². The SMILES string of the molecule is COc1ccnc(CC#N)c1OC(F)(F)F. The summed E-state index contributed by atoms with van der Waals surface area (Å²) in [5.74, 6) is -0.684. The molecule has 0 fully saturated rings. The number of hydrogen-bond donors (Lipinski definition) is 0. The third kappa shape index (κ3) is 3.02. The minimum atomic E-state index is -4.85. The summed E-state index contributed by atoms with van der Waals surface area (Å²) < 4.78 is 44.7. The molecule has 0 bridgehead atoms. The molecule has 4 nitrogen and oxygen atoms in total. The van der Waals surface area contributed by atoms with Gasteiger partial charge in [0.1, 0.15) is 5.69 Å². The maximum atomic E-state index is 12.1. The Balaban J connectivity index is 3.15. The van der Waals surface area contributed by atoms with Crippen LogP contribution in [0.4, 0.5) is 13.2 Å². The number of rotatable bonds is 3. The van der Waals surface area contributed by atoms with Crippen molar-refractivity contribution in [2.45, 2.75) is 12.8 Å². The highest BCUT2D eigenvalue weighted by atomic mass is 19.4. The van der Waals surface area contributed by atoms with Gasteiger partial charge in [0.2, 0.25) is 0 Å². The van der Waals surface area contributed by atoms with Crippen LogP contribution < -0.4 is 9.47 Å². The van der Waals surface area contributed by atoms with Crippen LogP contribution in [0.25, 0.3) is 0 Å². The van der Waals surface area contributed by atoms with Crippen LogP contribution in [0.5, 0.6) is 11.5 Å². The lowest BCUT2D eigenvalue weighted by Crippen LogP contribution is -2.19. The molecule has 0 radical (unpaired) electrons. The van der Waals surface area contributed by atoms with Gasteiger partial charge < -0.3 is 9.47 Å². The number of halogens is 3. The Labute approximate surface area is 89.2 Å². The first-order valence-electron chi connectivity index (χ1n) is 4.12. The largest absolute Gasteiger partial charge is 0.573 e. The summed E-state index contributed by atoms with van der Waals surface area (Å²) in [7, 11) is 1.20. The zero-order valence-corrected chi connectivity index (χ0v) is 8.21. The molecule has 1 aromatic heterocycles. The molecule has 0 unspecified atom stereocenters. The van der Waals surface area contributed by atoms with Crippen molar-refractivity contribution in [3.63, 3.8) is 0 Å². The second kappa shape index (κ2) is 4.70. The first-order valence-corrected chi connectivity index (χ1v) is 4.12. The molecule has 1 aromatic rings. The molecule has 0 N–H and O–H groups in total. The van der Waals surface area contributed by atoms with Gasteiger partial charge in [-0.25, -0.2) is 0 Å². The second-order valence-corrected chi connectivity index (χ2v) is 2.67. The highest BCUT2D eigenvalue weighted by Crippen LogP contribution is 2.34. The van der Waals surface area contributed by atoms with E-state index in [1.807, 2.05) is 0 Å². The fraction of sp³-hybridized carbons (Fsp3) is 0.333. The van der Waals surface area contributed by atoms with Crippen molar-refractivity contribution in [1.82, 2.24) is 4.98 Å². The second-order valence-electron chi connectivity index (χ2n) is 2.67. The summed E-state index contributed by atoms with van der Waals surface area (Å²) in [6.45, 7) is 0. The van der Waals surface area contributed by atoms with Crippen LogP contribution in [0, 0.1) is 11.3 Å². The van der Waals surface area contributed by atoms with Crippen LogP contribution >= 0.6 is 0 Å². The van der Waals surface area contributed by atoms with Crippen LogP contribution in [0.2, 0.25) is 0 Å². The van der Waals surface area contributed by atoms with Gasteiger partial charge >= 0.3 is 6.36 Å². The molecule has 86 valence electrons. The topological polar surface area (TPSA) is 55.1 Å². The van der Waals surface area contributed by atoms with E-state index >= 15 is 0 Å². The van der Waals surface area contributed by atoms with E-state index in [9.17, 15) is 13.2 Å². The van der Waals surface area contributed by atoms with Gasteiger partial charge in [0.25, 0.3) is 0 Å². The summed E-state index contributed by atoms with van der Waals surface area (Å²) in [5, 5.41) is 8.44. The van der Waals surface area contributed by atoms with E-state index in [2.05, 4.69) is 9.72 Å². The number of ether oxygens (including phenoxy) is 2. The van der Waals surface area contributed by atoms with E-state index in [0.29, 0.717) is 0 Å². The van der Waals surface area contributed by atoms with Gasteiger partial charge in [-0.1, -0.05) is 0 Å². The Hall–Kier alpha value is -1.97. The number of aromatic nitrogens is 1. The first-order chi connectivity index (χ1) is 7.48. The molecular weight excluding hydrogens is 225 g/mol. The number of alkyl halides is 3. The van der Waals surface area contributed by atoms with E-state index < -0.39 is 12.1 Å². The number of pyridine rings is 1. The van der Waals surface area contributed by atoms with Crippen LogP contribution in [-0.2, 0) is 6.42 Å². The third-order valence-corrected chi connectivity index (χ3v) is 1.63. The van der Waals surface area contributed by atoms with E-state index in [1.54, 1.807) is 6.07 Å². The summed E-state index contributed by atoms with van der Waals surface area (Å²) in [6.07, 6.45) is -3.89. The Kier molecular flexibility index (Phi) is 3.55. The van der Waals surface area contributed by atoms with Gasteiger partial charge in [0, 0.05) is 12.3 Å². The molecule has 0 spiro atoms. The maximum absolute atomic E-state index is 12.1. The fourth-order valence-electron chi connectivity index (χ4n) is 1.06. The lowest BCUT2D eigenvalue weighted by atomic mass is 10.2. The van der Waals surface area contributed by atoms with Crippen LogP contribution in [0.3, 0.4) is 0 Å². The summed E-state index contributed by atoms with van der Waals surface area (Å²) >= 11 is 0. The molecule has 0 amide bonds. The zero-order chi connectivity index (χ0) is 12.2. The average molecular weight is 232 g/mol. The lowest BCUT2D eigenvalue weighted by Gasteiger charge is -2.14. The number of methoxy groups -OCH3 is 1. The Morgan fingerprint density at radius 3 is 2.69 bits per heavy atom. The number of nitriles is 1. The first kappa shape index (κ1) is 12.1. The van der Waals surface area contributed by atoms with Crippen LogP contribution in [0.15, 0.2) is 12.3 Å². The van der Waals surface area contributed by atoms with Gasteiger partial charge in [-0.3, -0.25) is 4.98 Å². The predicted octanol–water partition coefficient (Wildman–Crippen LogP) is 2.05. The van der Waals surface area contributed by atoms with E-state index in [1.165, 1.54) is 19.4 Å². The van der Waals surface area contributed by atoms with E-state index in [0.717, 1.165) is 0 Å². The molecule has 0 saturated heterocycles. The summed E-state index contributed by atoms with van der Waals surface area (Å²) in [4.78, 5) is 3.63. The van der Waals surface area contributed by atoms with Gasteiger partial charge in [-0.15, -0.1) is 13.2 Å². The molecule has 7 heteroatoms. The monoisotopic (exact) mass is 232 g/mol. The van der Waals surface area contributed by atoms with Crippen molar-refractivity contribution in [3.8, 4) is 17.6 Å². The molecule has 0 aromatic carbocycles. The van der Waals surface area contributed by atoms with E-state index in [4.69, 9.17) is 10.00 Å². The van der Waals surface area contributed by atoms with Gasteiger partial charge in [0.15, 0.2) is 11.5 Å². The maximum Gasteiger partial charge on any atom is 0.573 e. The number of hydrogen-bond acceptors (Lipinski definition) is 4. The summed E-state index contributed by atoms with van der Waals surface area (Å²) in [6, 6.07) is 2.92. The van der Waals surface area contributed by atoms with Crippen molar-refractivity contribution >= 4 is 0 Å². The summed E-state index contributed by atoms with van der Waals surface area (Å²) in [5.41, 5.74) is -0.112. The van der Waals surface area contributed by atoms with Crippen molar-refractivity contribution in [2.75, 3.05) is 7.11 Å². The van der Waals surface area contributed by atoms with Crippen molar-refractivity contribution in [1.29, 1.82) is 5.26 Å². The molecule has 1 rings (SSSR count). The molecule has 0 aliphatic rings. The van der Waals surface area contributed by atoms with Gasteiger partial charge in [-0.05, 0) is 0 Å². The smallest absolute Gasteiger partial charge is 0.493 e. The molecule has 0 aliphatic carbocycles. The molecule has 1 heterocycles. The zero-order valence-electron chi connectivity index (χ0n) is 8.21. The Morgan fingerprint density at radius 2 is 2.19 bits per heavy atom. The molecule has 0 aliphatic heterocycles. The van der Waals surface area contributed by atoms with E-state index in [-0.39, 0.29) is 17.9 Å². The fourth-order valence-corrected chi connectivity index (χ4v) is 1.06. The molecule has 0 atom stereocenters. The van der Waals surface area contributed by atoms with Gasteiger partial charge in [0.05, 0.1) is 19.6 Å².